The number of H-pyrrole nitrogens is 1. The zero-order chi connectivity index (χ0) is 57.3. The summed E-state index contributed by atoms with van der Waals surface area (Å²) in [6.07, 6.45) is 16.5. The summed E-state index contributed by atoms with van der Waals surface area (Å²) in [5.74, 6) is 19.3. The number of rotatable bonds is 17. The third-order valence-corrected chi connectivity index (χ3v) is 15.5. The maximum Gasteiger partial charge on any atom is 0.270 e. The molecule has 6 aromatic heterocycles. The topological polar surface area (TPSA) is 262 Å². The molecule has 4 unspecified atom stereocenters. The molecule has 6 aliphatic carbocycles. The van der Waals surface area contributed by atoms with E-state index >= 15 is 0 Å². The summed E-state index contributed by atoms with van der Waals surface area (Å²) < 4.78 is 25.0. The number of aromatic amines is 1. The molecule has 1 aliphatic heterocycles. The Balaban J connectivity index is 0.818. The van der Waals surface area contributed by atoms with Crippen molar-refractivity contribution in [3.05, 3.63) is 76.2 Å². The van der Waals surface area contributed by atoms with Crippen LogP contribution in [0.25, 0.3) is 34.2 Å². The van der Waals surface area contributed by atoms with Crippen molar-refractivity contribution < 1.29 is 48.2 Å². The Morgan fingerprint density at radius 3 is 1.90 bits per heavy atom. The minimum absolute atomic E-state index is 0.0273. The van der Waals surface area contributed by atoms with Gasteiger partial charge in [0.15, 0.2) is 49.0 Å². The van der Waals surface area contributed by atoms with Crippen molar-refractivity contribution in [2.45, 2.75) is 138 Å². The Hall–Kier alpha value is -8.92. The van der Waals surface area contributed by atoms with Gasteiger partial charge < -0.3 is 44.1 Å². The number of carbonyl (C=O) groups excluding carboxylic acids is 3. The van der Waals surface area contributed by atoms with E-state index in [0.29, 0.717) is 108 Å². The van der Waals surface area contributed by atoms with Crippen LogP contribution >= 0.6 is 0 Å². The molecule has 1 saturated heterocycles. The van der Waals surface area contributed by atoms with Crippen LogP contribution in [0.1, 0.15) is 106 Å². The predicted molar refractivity (Wildman–Crippen MR) is 292 cm³/mol. The second kappa shape index (κ2) is 21.1. The molecule has 7 heterocycles. The van der Waals surface area contributed by atoms with Crippen LogP contribution in [0.4, 0.5) is 0 Å². The molecule has 83 heavy (non-hydrogen) atoms. The monoisotopic (exact) mass is 1130 g/mol. The highest BCUT2D eigenvalue weighted by Crippen LogP contribution is 2.44. The maximum absolute atomic E-state index is 14.0. The number of ether oxygens (including phenoxy) is 3. The SMILES string of the molecule is CN(C)C(=O)Cn1cc(-c2ncc(C#CC3(O)CC3)cc2OC2CC2n2nc(-c3[nH]c(=O)c(C#CC4CC4)cc3OC3CC3n3nc(-c4ncc(C#CC5(O)CC5)cc4OC4CC4)c[n+]3CC(=O)N3CCCC3)c[n+]2CC(=O)N(C)C)nn1. The van der Waals surface area contributed by atoms with E-state index in [1.54, 1.807) is 79.4 Å². The summed E-state index contributed by atoms with van der Waals surface area (Å²) in [4.78, 5) is 74.8. The van der Waals surface area contributed by atoms with Crippen molar-refractivity contribution >= 4 is 17.7 Å². The molecule has 0 aromatic carbocycles. The lowest BCUT2D eigenvalue weighted by Gasteiger charge is -2.14. The summed E-state index contributed by atoms with van der Waals surface area (Å²) in [6.45, 7) is 1.26. The van der Waals surface area contributed by atoms with Gasteiger partial charge >= 0.3 is 0 Å². The standard InChI is InChI=1S/C59H62N15O9/c1-67(2)51(75)33-70-30-41(63-66-70)54-49(24-38(28-60-54)14-16-59(80)19-20-59)82-46-26-44(46)74-65-43(32-71(74)34-52(76)68(3)4)56-50(25-39(57(78)62-56)10-9-36-7-8-36)83-47-27-45(47)73-64-42(31-72(73)35-53(77)69-21-5-6-22-69)55-48(81-40-11-12-40)23-37(29-61-55)13-15-58(79)17-18-58/h23-25,28-32,36,40,44-47,79-80H,5-8,11-12,17-22,26-27,33-35H2,1-4H3/q+1/p+1. The number of hydrogen-bond donors (Lipinski definition) is 3. The van der Waals surface area contributed by atoms with Crippen LogP contribution in [0.2, 0.25) is 0 Å². The number of pyridine rings is 3. The van der Waals surface area contributed by atoms with Crippen molar-refractivity contribution in [3.8, 4) is 86.9 Å². The third kappa shape index (κ3) is 12.2. The molecule has 7 fully saturated rings. The van der Waals surface area contributed by atoms with Gasteiger partial charge in [0.05, 0.1) is 28.1 Å². The number of aromatic nitrogens is 12. The lowest BCUT2D eigenvalue weighted by atomic mass is 10.2. The van der Waals surface area contributed by atoms with E-state index in [4.69, 9.17) is 29.4 Å². The molecule has 13 rings (SSSR count). The van der Waals surface area contributed by atoms with Gasteiger partial charge in [-0.05, 0) is 85.9 Å². The number of amides is 3. The Labute approximate surface area is 477 Å². The minimum Gasteiger partial charge on any atom is -0.488 e. The quantitative estimate of drug-likeness (QED) is 0.0861. The van der Waals surface area contributed by atoms with Gasteiger partial charge in [0.1, 0.15) is 58.5 Å². The Kier molecular flexibility index (Phi) is 13.6. The van der Waals surface area contributed by atoms with Gasteiger partial charge in [0, 0.05) is 89.6 Å². The van der Waals surface area contributed by atoms with Crippen LogP contribution in [-0.4, -0.2) is 163 Å². The van der Waals surface area contributed by atoms with Crippen molar-refractivity contribution in [1.82, 2.24) is 64.4 Å². The molecular formula is C59H63N15O9+2. The molecule has 4 atom stereocenters. The van der Waals surface area contributed by atoms with Gasteiger partial charge in [-0.25, -0.2) is 14.6 Å². The van der Waals surface area contributed by atoms with Crippen molar-refractivity contribution in [3.63, 3.8) is 0 Å². The summed E-state index contributed by atoms with van der Waals surface area (Å²) in [6, 6.07) is 4.45. The fourth-order valence-corrected chi connectivity index (χ4v) is 9.52. The molecule has 0 bridgehead atoms. The molecule has 3 N–H and O–H groups in total. The van der Waals surface area contributed by atoms with Crippen LogP contribution < -0.4 is 29.1 Å². The molecule has 3 amide bonds. The average molecular weight is 1130 g/mol. The predicted octanol–water partition coefficient (Wildman–Crippen LogP) is 1.36. The summed E-state index contributed by atoms with van der Waals surface area (Å²) in [5, 5.41) is 39.6. The highest BCUT2D eigenvalue weighted by molar-refractivity contribution is 5.76. The van der Waals surface area contributed by atoms with E-state index in [0.717, 1.165) is 38.5 Å². The average Bonchev–Trinajstić information content (AvgIpc) is 4.10. The normalized spacial score (nSPS) is 21.1. The van der Waals surface area contributed by atoms with Gasteiger partial charge in [-0.1, -0.05) is 40.7 Å². The second-order valence-corrected chi connectivity index (χ2v) is 23.3. The molecule has 7 aliphatic rings. The molecule has 24 heteroatoms. The van der Waals surface area contributed by atoms with Crippen LogP contribution in [0.15, 0.2) is 54.0 Å². The number of nitrogens with one attached hydrogen (secondary N) is 1. The van der Waals surface area contributed by atoms with E-state index in [9.17, 15) is 29.4 Å². The van der Waals surface area contributed by atoms with E-state index in [-0.39, 0.29) is 66.7 Å². The fourth-order valence-electron chi connectivity index (χ4n) is 9.52. The maximum atomic E-state index is 14.0. The number of likely N-dealkylation sites (N-methyl/N-ethyl adjacent to an activating group) is 2. The Morgan fingerprint density at radius 1 is 0.723 bits per heavy atom. The van der Waals surface area contributed by atoms with E-state index < -0.39 is 35.0 Å². The van der Waals surface area contributed by atoms with Crippen LogP contribution in [0.3, 0.4) is 0 Å². The molecule has 6 saturated carbocycles. The molecule has 24 nitrogen and oxygen atoms in total. The lowest BCUT2D eigenvalue weighted by Crippen LogP contribution is -2.50. The molecule has 426 valence electrons. The van der Waals surface area contributed by atoms with Crippen molar-refractivity contribution in [2.24, 2.45) is 5.92 Å². The lowest BCUT2D eigenvalue weighted by molar-refractivity contribution is -0.770. The van der Waals surface area contributed by atoms with Gasteiger partial charge in [0.25, 0.3) is 28.8 Å². The summed E-state index contributed by atoms with van der Waals surface area (Å²) in [7, 11) is 6.66. The van der Waals surface area contributed by atoms with E-state index in [1.165, 1.54) is 14.5 Å². The largest absolute Gasteiger partial charge is 0.488 e. The first-order valence-corrected chi connectivity index (χ1v) is 28.4. The summed E-state index contributed by atoms with van der Waals surface area (Å²) in [5.41, 5.74) is 1.23. The molecule has 0 radical (unpaired) electrons. The molecular weight excluding hydrogens is 1060 g/mol. The zero-order valence-corrected chi connectivity index (χ0v) is 46.6. The second-order valence-electron chi connectivity index (χ2n) is 23.3. The number of aliphatic hydroxyl groups is 2. The first-order valence-electron chi connectivity index (χ1n) is 28.4. The smallest absolute Gasteiger partial charge is 0.270 e. The fraction of sp³-hybridized carbons (Fsp3) is 0.492. The van der Waals surface area contributed by atoms with Gasteiger partial charge in [0.2, 0.25) is 5.91 Å². The first-order chi connectivity index (χ1) is 40.0. The Bertz CT molecular complexity index is 3860. The highest BCUT2D eigenvalue weighted by atomic mass is 16.5. The van der Waals surface area contributed by atoms with Crippen LogP contribution in [-0.2, 0) is 34.0 Å². The van der Waals surface area contributed by atoms with Gasteiger partial charge in [-0.2, -0.15) is 0 Å². The number of nitrogens with zero attached hydrogens (tertiary/aromatic N) is 14. The van der Waals surface area contributed by atoms with Gasteiger partial charge in [-0.15, -0.1) is 14.5 Å². The minimum atomic E-state index is -1.03. The first kappa shape index (κ1) is 53.4. The molecule has 6 aromatic rings. The highest BCUT2D eigenvalue weighted by Gasteiger charge is 2.51. The Morgan fingerprint density at radius 2 is 1.30 bits per heavy atom. The summed E-state index contributed by atoms with van der Waals surface area (Å²) >= 11 is 0. The number of hydrogen-bond acceptors (Lipinski definition) is 15. The van der Waals surface area contributed by atoms with Crippen molar-refractivity contribution in [2.75, 3.05) is 41.3 Å². The van der Waals surface area contributed by atoms with Crippen LogP contribution in [0, 0.1) is 41.4 Å². The third-order valence-electron chi connectivity index (χ3n) is 15.5. The molecule has 0 spiro atoms. The van der Waals surface area contributed by atoms with Gasteiger partial charge in [-0.3, -0.25) is 19.2 Å². The number of carbonyl (C=O) groups is 3. The number of likely N-dealkylation sites (tertiary alicyclic amines) is 1. The van der Waals surface area contributed by atoms with Crippen LogP contribution in [0.5, 0.6) is 17.2 Å². The van der Waals surface area contributed by atoms with Crippen molar-refractivity contribution in [1.29, 1.82) is 0 Å². The van der Waals surface area contributed by atoms with E-state index in [1.807, 2.05) is 21.8 Å². The zero-order valence-electron chi connectivity index (χ0n) is 46.6. The van der Waals surface area contributed by atoms with E-state index in [2.05, 4.69) is 55.8 Å².